The number of hydrogen-bond acceptors (Lipinski definition) is 6. The van der Waals surface area contributed by atoms with Crippen molar-refractivity contribution < 1.29 is 0 Å². The minimum atomic E-state index is 0.341. The molecule has 0 aliphatic carbocycles. The molecule has 0 radical (unpaired) electrons. The molecule has 20 heavy (non-hydrogen) atoms. The van der Waals surface area contributed by atoms with Crippen LogP contribution in [0.5, 0.6) is 0 Å². The Kier molecular flexibility index (Phi) is 3.28. The zero-order valence-corrected chi connectivity index (χ0v) is 11.4. The summed E-state index contributed by atoms with van der Waals surface area (Å²) in [4.78, 5) is 8.63. The Balaban J connectivity index is 1.80. The largest absolute Gasteiger partial charge is 0.369 e. The molecule has 104 valence electrons. The summed E-state index contributed by atoms with van der Waals surface area (Å²) in [5, 5.41) is 17.9. The van der Waals surface area contributed by atoms with Crippen LogP contribution < -0.4 is 5.32 Å². The monoisotopic (exact) mass is 272 g/mol. The Labute approximate surface area is 115 Å². The number of hydrogen-bond donors (Lipinski definition) is 2. The van der Waals surface area contributed by atoms with E-state index in [-0.39, 0.29) is 0 Å². The SMILES string of the molecule is CC(C)c1cc(NCCc2cn[nH]n2)n2ncnc2n1. The van der Waals surface area contributed by atoms with E-state index in [1.165, 1.54) is 6.33 Å². The third-order valence-corrected chi connectivity index (χ3v) is 3.02. The second kappa shape index (κ2) is 5.24. The molecule has 0 amide bonds. The number of H-pyrrole nitrogens is 1. The summed E-state index contributed by atoms with van der Waals surface area (Å²) < 4.78 is 1.70. The third kappa shape index (κ3) is 2.44. The molecule has 0 atom stereocenters. The van der Waals surface area contributed by atoms with Gasteiger partial charge < -0.3 is 5.32 Å². The summed E-state index contributed by atoms with van der Waals surface area (Å²) in [5.74, 6) is 1.84. The average molecular weight is 272 g/mol. The molecule has 0 aliphatic rings. The number of anilines is 1. The number of aromatic nitrogens is 7. The van der Waals surface area contributed by atoms with E-state index in [4.69, 9.17) is 0 Å². The van der Waals surface area contributed by atoms with Crippen molar-refractivity contribution >= 4 is 11.6 Å². The maximum absolute atomic E-state index is 4.48. The number of rotatable bonds is 5. The second-order valence-electron chi connectivity index (χ2n) is 4.83. The van der Waals surface area contributed by atoms with Gasteiger partial charge in [-0.05, 0) is 5.92 Å². The summed E-state index contributed by atoms with van der Waals surface area (Å²) >= 11 is 0. The first kappa shape index (κ1) is 12.5. The van der Waals surface area contributed by atoms with Crippen LogP contribution in [-0.2, 0) is 6.42 Å². The Morgan fingerprint density at radius 1 is 1.40 bits per heavy atom. The van der Waals surface area contributed by atoms with E-state index < -0.39 is 0 Å². The molecule has 8 nitrogen and oxygen atoms in total. The van der Waals surface area contributed by atoms with Crippen LogP contribution in [0.2, 0.25) is 0 Å². The van der Waals surface area contributed by atoms with Crippen LogP contribution in [0, 0.1) is 0 Å². The number of nitrogens with one attached hydrogen (secondary N) is 2. The Hall–Kier alpha value is -2.51. The molecular formula is C12H16N8. The smallest absolute Gasteiger partial charge is 0.254 e. The van der Waals surface area contributed by atoms with Gasteiger partial charge in [0.25, 0.3) is 5.78 Å². The number of aromatic amines is 1. The van der Waals surface area contributed by atoms with Crippen LogP contribution in [-0.4, -0.2) is 41.5 Å². The van der Waals surface area contributed by atoms with Crippen LogP contribution in [0.25, 0.3) is 5.78 Å². The summed E-state index contributed by atoms with van der Waals surface area (Å²) in [5.41, 5.74) is 1.92. The number of nitrogens with zero attached hydrogens (tertiary/aromatic N) is 6. The Morgan fingerprint density at radius 2 is 2.30 bits per heavy atom. The molecule has 3 rings (SSSR count). The summed E-state index contributed by atoms with van der Waals surface area (Å²) in [7, 11) is 0. The normalized spacial score (nSPS) is 11.3. The van der Waals surface area contributed by atoms with Gasteiger partial charge in [-0.15, -0.1) is 0 Å². The van der Waals surface area contributed by atoms with E-state index in [1.54, 1.807) is 10.7 Å². The van der Waals surface area contributed by atoms with Gasteiger partial charge in [0.2, 0.25) is 0 Å². The fourth-order valence-corrected chi connectivity index (χ4v) is 1.92. The van der Waals surface area contributed by atoms with Crippen LogP contribution in [0.3, 0.4) is 0 Å². The van der Waals surface area contributed by atoms with Gasteiger partial charge >= 0.3 is 0 Å². The minimum Gasteiger partial charge on any atom is -0.369 e. The van der Waals surface area contributed by atoms with Crippen LogP contribution in [0.1, 0.15) is 31.2 Å². The van der Waals surface area contributed by atoms with Crippen molar-refractivity contribution in [2.45, 2.75) is 26.2 Å². The highest BCUT2D eigenvalue weighted by molar-refractivity contribution is 5.45. The zero-order valence-electron chi connectivity index (χ0n) is 11.4. The maximum Gasteiger partial charge on any atom is 0.254 e. The molecule has 0 aliphatic heterocycles. The van der Waals surface area contributed by atoms with Gasteiger partial charge in [0.05, 0.1) is 17.6 Å². The van der Waals surface area contributed by atoms with Gasteiger partial charge in [-0.3, -0.25) is 0 Å². The lowest BCUT2D eigenvalue weighted by Crippen LogP contribution is -2.11. The van der Waals surface area contributed by atoms with Crippen molar-refractivity contribution in [3.05, 3.63) is 30.0 Å². The summed E-state index contributed by atoms with van der Waals surface area (Å²) in [6, 6.07) is 2.01. The van der Waals surface area contributed by atoms with Gasteiger partial charge in [-0.2, -0.15) is 30.0 Å². The lowest BCUT2D eigenvalue weighted by molar-refractivity contribution is 0.804. The maximum atomic E-state index is 4.48. The lowest BCUT2D eigenvalue weighted by Gasteiger charge is -2.10. The first-order chi connectivity index (χ1) is 9.74. The molecule has 3 heterocycles. The predicted octanol–water partition coefficient (Wildman–Crippen LogP) is 1.02. The Bertz CT molecular complexity index is 685. The predicted molar refractivity (Wildman–Crippen MR) is 73.4 cm³/mol. The fourth-order valence-electron chi connectivity index (χ4n) is 1.92. The molecule has 0 saturated heterocycles. The van der Waals surface area contributed by atoms with Crippen molar-refractivity contribution in [1.29, 1.82) is 0 Å². The molecule has 0 unspecified atom stereocenters. The van der Waals surface area contributed by atoms with Crippen molar-refractivity contribution in [3.8, 4) is 0 Å². The van der Waals surface area contributed by atoms with Crippen molar-refractivity contribution in [2.75, 3.05) is 11.9 Å². The highest BCUT2D eigenvalue weighted by atomic mass is 15.4. The quantitative estimate of drug-likeness (QED) is 0.719. The first-order valence-corrected chi connectivity index (χ1v) is 6.53. The summed E-state index contributed by atoms with van der Waals surface area (Å²) in [6.45, 7) is 4.95. The van der Waals surface area contributed by atoms with E-state index in [0.717, 1.165) is 30.2 Å². The first-order valence-electron chi connectivity index (χ1n) is 6.53. The van der Waals surface area contributed by atoms with Gasteiger partial charge in [0.1, 0.15) is 12.1 Å². The summed E-state index contributed by atoms with van der Waals surface area (Å²) in [6.07, 6.45) is 4.01. The average Bonchev–Trinajstić information content (AvgIpc) is 3.08. The molecule has 2 N–H and O–H groups in total. The van der Waals surface area contributed by atoms with E-state index >= 15 is 0 Å². The fraction of sp³-hybridized carbons (Fsp3) is 0.417. The molecule has 0 saturated carbocycles. The molecule has 3 aromatic rings. The van der Waals surface area contributed by atoms with E-state index in [9.17, 15) is 0 Å². The highest BCUT2D eigenvalue weighted by Gasteiger charge is 2.09. The van der Waals surface area contributed by atoms with E-state index in [1.807, 2.05) is 6.07 Å². The van der Waals surface area contributed by atoms with E-state index in [0.29, 0.717) is 11.7 Å². The third-order valence-electron chi connectivity index (χ3n) is 3.02. The molecule has 8 heteroatoms. The van der Waals surface area contributed by atoms with Crippen molar-refractivity contribution in [2.24, 2.45) is 0 Å². The van der Waals surface area contributed by atoms with Gasteiger partial charge in [-0.1, -0.05) is 13.8 Å². The van der Waals surface area contributed by atoms with Gasteiger partial charge in [-0.25, -0.2) is 4.98 Å². The number of fused-ring (bicyclic) bond motifs is 1. The Morgan fingerprint density at radius 3 is 3.05 bits per heavy atom. The van der Waals surface area contributed by atoms with Crippen molar-refractivity contribution in [3.63, 3.8) is 0 Å². The van der Waals surface area contributed by atoms with Crippen LogP contribution in [0.15, 0.2) is 18.6 Å². The molecular weight excluding hydrogens is 256 g/mol. The molecule has 0 aromatic carbocycles. The highest BCUT2D eigenvalue weighted by Crippen LogP contribution is 2.17. The standard InChI is InChI=1S/C12H16N8/c1-8(2)10-5-11(20-12(17-10)14-7-16-20)13-4-3-9-6-15-19-18-9/h5-8,13H,3-4H2,1-2H3,(H,15,18,19). The van der Waals surface area contributed by atoms with Gasteiger partial charge in [0, 0.05) is 19.0 Å². The van der Waals surface area contributed by atoms with Gasteiger partial charge in [0.15, 0.2) is 0 Å². The van der Waals surface area contributed by atoms with Crippen LogP contribution in [0.4, 0.5) is 5.82 Å². The molecule has 0 spiro atoms. The molecule has 0 bridgehead atoms. The molecule has 0 fully saturated rings. The van der Waals surface area contributed by atoms with E-state index in [2.05, 4.69) is 49.6 Å². The minimum absolute atomic E-state index is 0.341. The molecule has 3 aromatic heterocycles. The topological polar surface area (TPSA) is 96.7 Å². The van der Waals surface area contributed by atoms with Crippen molar-refractivity contribution in [1.82, 2.24) is 35.0 Å². The lowest BCUT2D eigenvalue weighted by atomic mass is 10.1. The zero-order chi connectivity index (χ0) is 13.9. The van der Waals surface area contributed by atoms with Crippen LogP contribution >= 0.6 is 0 Å². The second-order valence-corrected chi connectivity index (χ2v) is 4.83.